The summed E-state index contributed by atoms with van der Waals surface area (Å²) in [6, 6.07) is 11.3. The fourth-order valence-electron chi connectivity index (χ4n) is 8.46. The number of aromatic nitrogens is 8. The van der Waals surface area contributed by atoms with Crippen LogP contribution in [0.1, 0.15) is 155 Å². The molecule has 10 rings (SSSR count). The number of aryl methyl sites for hydroxylation is 8. The third kappa shape index (κ3) is 8.59. The largest absolute Gasteiger partial charge is 0.443 e. The predicted molar refractivity (Wildman–Crippen MR) is 252 cm³/mol. The van der Waals surface area contributed by atoms with Gasteiger partial charge in [-0.1, -0.05) is 17.7 Å². The van der Waals surface area contributed by atoms with Crippen LogP contribution in [0.5, 0.6) is 0 Å². The lowest BCUT2D eigenvalue weighted by Crippen LogP contribution is -2.28. The van der Waals surface area contributed by atoms with E-state index in [9.17, 15) is 14.4 Å². The number of carbonyl (C=O) groups excluding carboxylic acids is 3. The fourth-order valence-corrected chi connectivity index (χ4v) is 8.46. The summed E-state index contributed by atoms with van der Waals surface area (Å²) in [5.41, 5.74) is 12.2. The molecule has 6 heterocycles. The predicted octanol–water partition coefficient (Wildman–Crippen LogP) is 11.8. The number of imidazole rings is 2. The number of hydrogen-bond donors (Lipinski definition) is 1. The van der Waals surface area contributed by atoms with Gasteiger partial charge >= 0.3 is 6.09 Å². The third-order valence-corrected chi connectivity index (χ3v) is 12.0. The van der Waals surface area contributed by atoms with E-state index in [1.54, 1.807) is 23.0 Å². The number of fused-ring (bicyclic) bond motifs is 2. The quantitative estimate of drug-likeness (QED) is 0.143. The number of ether oxygens (including phenoxy) is 1. The van der Waals surface area contributed by atoms with E-state index in [1.165, 1.54) is 0 Å². The molecule has 2 aliphatic rings. The molecule has 340 valence electrons. The Bertz CT molecular complexity index is 3200. The number of aromatic amines is 1. The van der Waals surface area contributed by atoms with Gasteiger partial charge in [0.2, 0.25) is 0 Å². The second-order valence-electron chi connectivity index (χ2n) is 18.6. The molecule has 0 unspecified atom stereocenters. The van der Waals surface area contributed by atoms with Crippen molar-refractivity contribution in [2.45, 2.75) is 127 Å². The van der Waals surface area contributed by atoms with Crippen LogP contribution in [0.3, 0.4) is 0 Å². The standard InChI is InChI=1S/C28H30N4O4.C23H22N4O2.CH4/c1-14-13-29-15(2)10-20(14)25(33)21-11-19(23-16(3)31-36-17(23)4)12-22-24(21)30-26(18-8-9-18)32(22)27(34)35-28(5,6)7;1-11-10-24-12(2)7-17(11)22(28)18-8-16(20-13(3)27-29-14(20)4)9-19-21(18)26-23(25-19)15-5-6-15;/h10-13,18H,8-9H2,1-7H3;7-10,15H,5-6H2,1-4H3,(H,25,26);1H4. The first-order valence-corrected chi connectivity index (χ1v) is 22.0. The molecule has 14 heteroatoms. The van der Waals surface area contributed by atoms with Gasteiger partial charge in [-0.3, -0.25) is 19.6 Å². The van der Waals surface area contributed by atoms with Crippen molar-refractivity contribution in [3.8, 4) is 22.3 Å². The number of benzene rings is 2. The number of nitrogens with one attached hydrogen (secondary N) is 1. The number of H-pyrrole nitrogens is 1. The van der Waals surface area contributed by atoms with Gasteiger partial charge in [0.1, 0.15) is 34.3 Å². The number of ketones is 2. The Morgan fingerprint density at radius 2 is 1.15 bits per heavy atom. The number of hydrogen-bond acceptors (Lipinski definition) is 12. The molecule has 2 aromatic carbocycles. The van der Waals surface area contributed by atoms with Gasteiger partial charge in [-0.15, -0.1) is 0 Å². The van der Waals surface area contributed by atoms with Crippen LogP contribution in [0.4, 0.5) is 4.79 Å². The molecule has 8 aromatic rings. The van der Waals surface area contributed by atoms with Gasteiger partial charge in [-0.05, 0) is 160 Å². The maximum absolute atomic E-state index is 14.0. The van der Waals surface area contributed by atoms with Crippen molar-refractivity contribution in [2.75, 3.05) is 0 Å². The maximum Gasteiger partial charge on any atom is 0.420 e. The topological polar surface area (TPSA) is 185 Å². The summed E-state index contributed by atoms with van der Waals surface area (Å²) in [5.74, 6) is 3.37. The Morgan fingerprint density at radius 3 is 1.62 bits per heavy atom. The number of carbonyl (C=O) groups is 3. The van der Waals surface area contributed by atoms with E-state index < -0.39 is 11.7 Å². The third-order valence-electron chi connectivity index (χ3n) is 12.0. The second-order valence-corrected chi connectivity index (χ2v) is 18.6. The molecule has 1 N–H and O–H groups in total. The smallest absolute Gasteiger partial charge is 0.420 e. The zero-order valence-corrected chi connectivity index (χ0v) is 38.7. The van der Waals surface area contributed by atoms with Crippen LogP contribution in [0.15, 0.2) is 57.8 Å². The molecule has 2 saturated carbocycles. The minimum Gasteiger partial charge on any atom is -0.443 e. The molecular weight excluding hydrogens is 833 g/mol. The van der Waals surface area contributed by atoms with Gasteiger partial charge in [0.05, 0.1) is 39.1 Å². The molecule has 66 heavy (non-hydrogen) atoms. The highest BCUT2D eigenvalue weighted by molar-refractivity contribution is 6.18. The van der Waals surface area contributed by atoms with E-state index in [0.717, 1.165) is 98.8 Å². The zero-order chi connectivity index (χ0) is 46.2. The minimum absolute atomic E-state index is 0. The summed E-state index contributed by atoms with van der Waals surface area (Å²) in [4.78, 5) is 62.8. The summed E-state index contributed by atoms with van der Waals surface area (Å²) in [6.45, 7) is 20.5. The van der Waals surface area contributed by atoms with Gasteiger partial charge in [0, 0.05) is 57.9 Å². The Kier molecular flexibility index (Phi) is 11.7. The van der Waals surface area contributed by atoms with Gasteiger partial charge < -0.3 is 18.8 Å². The van der Waals surface area contributed by atoms with Crippen LogP contribution in [-0.2, 0) is 4.74 Å². The van der Waals surface area contributed by atoms with Gasteiger partial charge in [-0.25, -0.2) is 19.3 Å². The number of rotatable bonds is 8. The van der Waals surface area contributed by atoms with Crippen molar-refractivity contribution >= 4 is 39.7 Å². The van der Waals surface area contributed by atoms with Crippen molar-refractivity contribution in [1.29, 1.82) is 0 Å². The van der Waals surface area contributed by atoms with Crippen LogP contribution in [0.2, 0.25) is 0 Å². The molecule has 6 aromatic heterocycles. The maximum atomic E-state index is 14.0. The average molecular weight is 889 g/mol. The number of pyridine rings is 2. The molecule has 0 spiro atoms. The summed E-state index contributed by atoms with van der Waals surface area (Å²) >= 11 is 0. The monoisotopic (exact) mass is 888 g/mol. The van der Waals surface area contributed by atoms with Crippen molar-refractivity contribution in [1.82, 2.24) is 39.8 Å². The summed E-state index contributed by atoms with van der Waals surface area (Å²) in [7, 11) is 0. The molecule has 0 saturated heterocycles. The van der Waals surface area contributed by atoms with E-state index in [1.807, 2.05) is 106 Å². The van der Waals surface area contributed by atoms with Crippen molar-refractivity contribution in [3.05, 3.63) is 128 Å². The molecule has 0 aliphatic heterocycles. The Hall–Kier alpha value is -7.09. The van der Waals surface area contributed by atoms with Crippen LogP contribution in [0.25, 0.3) is 44.3 Å². The molecule has 2 aliphatic carbocycles. The minimum atomic E-state index is -0.682. The number of nitrogens with zero attached hydrogens (tertiary/aromatic N) is 7. The Morgan fingerprint density at radius 1 is 0.652 bits per heavy atom. The first kappa shape index (κ1) is 45.5. The zero-order valence-electron chi connectivity index (χ0n) is 38.7. The molecule has 0 radical (unpaired) electrons. The molecule has 0 amide bonds. The highest BCUT2D eigenvalue weighted by Crippen LogP contribution is 2.43. The van der Waals surface area contributed by atoms with E-state index in [4.69, 9.17) is 23.8 Å². The van der Waals surface area contributed by atoms with Crippen molar-refractivity contribution < 1.29 is 28.2 Å². The molecule has 0 bridgehead atoms. The van der Waals surface area contributed by atoms with Crippen molar-refractivity contribution in [2.24, 2.45) is 0 Å². The average Bonchev–Trinajstić information content (AvgIpc) is 4.15. The van der Waals surface area contributed by atoms with Crippen LogP contribution >= 0.6 is 0 Å². The molecule has 2 fully saturated rings. The summed E-state index contributed by atoms with van der Waals surface area (Å²) in [5, 5.41) is 8.18. The fraction of sp³-hybridized carbons (Fsp3) is 0.365. The lowest BCUT2D eigenvalue weighted by molar-refractivity contribution is 0.0538. The molecular formula is C52H56N8O6. The lowest BCUT2D eigenvalue weighted by Gasteiger charge is -2.20. The summed E-state index contributed by atoms with van der Waals surface area (Å²) < 4.78 is 18.1. The van der Waals surface area contributed by atoms with E-state index in [-0.39, 0.29) is 24.9 Å². The Labute approximate surface area is 383 Å². The van der Waals surface area contributed by atoms with E-state index in [2.05, 4.69) is 25.3 Å². The van der Waals surface area contributed by atoms with Gasteiger partial charge in [0.25, 0.3) is 0 Å². The normalized spacial score (nSPS) is 13.7. The van der Waals surface area contributed by atoms with Gasteiger partial charge in [0.15, 0.2) is 11.6 Å². The van der Waals surface area contributed by atoms with Crippen LogP contribution in [-0.4, -0.2) is 63.1 Å². The van der Waals surface area contributed by atoms with Gasteiger partial charge in [-0.2, -0.15) is 0 Å². The first-order chi connectivity index (χ1) is 30.9. The molecule has 14 nitrogen and oxygen atoms in total. The van der Waals surface area contributed by atoms with E-state index in [0.29, 0.717) is 56.5 Å². The Balaban J connectivity index is 0.000000180. The summed E-state index contributed by atoms with van der Waals surface area (Å²) in [6.07, 6.45) is 7.11. The SMILES string of the molecule is C.Cc1cc(C(=O)c2cc(-c3c(C)noc3C)cc3[nH]c(C4CC4)nc23)c(C)cn1.Cc1cc(C(=O)c2cc(-c3c(C)noc3C)cc3c2nc(C2CC2)n3C(=O)OC(C)(C)C)c(C)cn1. The lowest BCUT2D eigenvalue weighted by atomic mass is 9.94. The van der Waals surface area contributed by atoms with E-state index >= 15 is 0 Å². The van der Waals surface area contributed by atoms with Crippen LogP contribution in [0, 0.1) is 55.4 Å². The highest BCUT2D eigenvalue weighted by atomic mass is 16.6. The highest BCUT2D eigenvalue weighted by Gasteiger charge is 2.35. The second kappa shape index (κ2) is 17.0. The van der Waals surface area contributed by atoms with Crippen molar-refractivity contribution in [3.63, 3.8) is 0 Å². The first-order valence-electron chi connectivity index (χ1n) is 22.0. The van der Waals surface area contributed by atoms with Crippen LogP contribution < -0.4 is 0 Å². The molecule has 0 atom stereocenters.